The van der Waals surface area contributed by atoms with Crippen molar-refractivity contribution in [3.8, 4) is 0 Å². The summed E-state index contributed by atoms with van der Waals surface area (Å²) in [6.45, 7) is 2.99. The molecule has 0 aromatic heterocycles. The van der Waals surface area contributed by atoms with Crippen LogP contribution in [0.25, 0.3) is 0 Å². The van der Waals surface area contributed by atoms with E-state index in [0.29, 0.717) is 0 Å². The number of hydrogen-bond donors (Lipinski definition) is 2. The number of amides is 1. The third-order valence-electron chi connectivity index (χ3n) is 4.70. The maximum atomic E-state index is 12.0. The van der Waals surface area contributed by atoms with Crippen molar-refractivity contribution in [2.75, 3.05) is 5.75 Å². The number of carbonyl (C=O) groups is 2. The molecule has 1 aliphatic carbocycles. The van der Waals surface area contributed by atoms with Crippen LogP contribution in [0.2, 0.25) is 0 Å². The molecular weight excluding hydrogens is 342 g/mol. The molecule has 0 spiro atoms. The van der Waals surface area contributed by atoms with Gasteiger partial charge >= 0.3 is 5.97 Å². The molecule has 6 nitrogen and oxygen atoms in total. The molecule has 1 aromatic carbocycles. The lowest BCUT2D eigenvalue weighted by molar-refractivity contribution is -0.141. The lowest BCUT2D eigenvalue weighted by atomic mass is 9.79. The molecule has 2 rings (SSSR count). The summed E-state index contributed by atoms with van der Waals surface area (Å²) in [4.78, 5) is 23.6. The van der Waals surface area contributed by atoms with E-state index >= 15 is 0 Å². The van der Waals surface area contributed by atoms with Gasteiger partial charge in [0, 0.05) is 0 Å². The van der Waals surface area contributed by atoms with Crippen LogP contribution in [0.3, 0.4) is 0 Å². The standard InChI is InChI=1S/C18H25NO5S/c1-12(2)25(23,24)11-17(20)19-16(18(21)22)10-14-8-5-7-13-6-3-4-9-15(13)14/h3-4,6,9,12,14,16H,5,7-8,10-11H2,1-2H3,(H,19,20)(H,21,22). The minimum Gasteiger partial charge on any atom is -0.480 e. The Morgan fingerprint density at radius 2 is 1.96 bits per heavy atom. The van der Waals surface area contributed by atoms with E-state index in [2.05, 4.69) is 5.32 Å². The van der Waals surface area contributed by atoms with E-state index in [9.17, 15) is 23.1 Å². The Kier molecular flexibility index (Phi) is 6.21. The van der Waals surface area contributed by atoms with E-state index in [1.807, 2.05) is 24.3 Å². The molecule has 2 unspecified atom stereocenters. The van der Waals surface area contributed by atoms with Gasteiger partial charge in [0.05, 0.1) is 5.25 Å². The van der Waals surface area contributed by atoms with Gasteiger partial charge in [-0.3, -0.25) is 4.79 Å². The van der Waals surface area contributed by atoms with Crippen molar-refractivity contribution < 1.29 is 23.1 Å². The topological polar surface area (TPSA) is 101 Å². The Bertz CT molecular complexity index is 742. The van der Waals surface area contributed by atoms with Gasteiger partial charge in [-0.05, 0) is 56.6 Å². The summed E-state index contributed by atoms with van der Waals surface area (Å²) in [5.41, 5.74) is 2.35. The van der Waals surface area contributed by atoms with E-state index in [0.717, 1.165) is 24.8 Å². The number of carbonyl (C=O) groups excluding carboxylic acids is 1. The largest absolute Gasteiger partial charge is 0.480 e. The molecule has 138 valence electrons. The first kappa shape index (κ1) is 19.4. The number of nitrogens with one attached hydrogen (secondary N) is 1. The average Bonchev–Trinajstić information content (AvgIpc) is 2.53. The molecular formula is C18H25NO5S. The molecule has 0 fully saturated rings. The van der Waals surface area contributed by atoms with Crippen LogP contribution in [0, 0.1) is 0 Å². The zero-order valence-corrected chi connectivity index (χ0v) is 15.4. The molecule has 0 aliphatic heterocycles. The van der Waals surface area contributed by atoms with Gasteiger partial charge in [0.2, 0.25) is 5.91 Å². The summed E-state index contributed by atoms with van der Waals surface area (Å²) in [6.07, 6.45) is 3.08. The van der Waals surface area contributed by atoms with E-state index in [4.69, 9.17) is 0 Å². The fraction of sp³-hybridized carbons (Fsp3) is 0.556. The first-order valence-electron chi connectivity index (χ1n) is 8.52. The number of benzene rings is 1. The monoisotopic (exact) mass is 367 g/mol. The van der Waals surface area contributed by atoms with Crippen LogP contribution < -0.4 is 5.32 Å². The van der Waals surface area contributed by atoms with Crippen LogP contribution in [0.1, 0.15) is 50.2 Å². The molecule has 2 N–H and O–H groups in total. The SMILES string of the molecule is CC(C)S(=O)(=O)CC(=O)NC(CC1CCCc2ccccc21)C(=O)O. The van der Waals surface area contributed by atoms with Crippen molar-refractivity contribution in [1.82, 2.24) is 5.32 Å². The molecule has 0 radical (unpaired) electrons. The molecule has 1 amide bonds. The van der Waals surface area contributed by atoms with Crippen molar-refractivity contribution in [3.05, 3.63) is 35.4 Å². The van der Waals surface area contributed by atoms with Gasteiger partial charge in [-0.15, -0.1) is 0 Å². The lowest BCUT2D eigenvalue weighted by Crippen LogP contribution is -2.45. The van der Waals surface area contributed by atoms with Crippen LogP contribution in [0.15, 0.2) is 24.3 Å². The highest BCUT2D eigenvalue weighted by Gasteiger charge is 2.29. The maximum Gasteiger partial charge on any atom is 0.326 e. The minimum absolute atomic E-state index is 0.0491. The van der Waals surface area contributed by atoms with Crippen LogP contribution in [-0.4, -0.2) is 42.4 Å². The average molecular weight is 367 g/mol. The molecule has 25 heavy (non-hydrogen) atoms. The van der Waals surface area contributed by atoms with Crippen molar-refractivity contribution in [2.45, 2.75) is 56.7 Å². The van der Waals surface area contributed by atoms with Gasteiger partial charge in [-0.1, -0.05) is 24.3 Å². The molecule has 0 bridgehead atoms. The van der Waals surface area contributed by atoms with Crippen LogP contribution in [0.4, 0.5) is 0 Å². The number of aryl methyl sites for hydroxylation is 1. The highest BCUT2D eigenvalue weighted by molar-refractivity contribution is 7.92. The first-order chi connectivity index (χ1) is 11.7. The number of aliphatic carboxylic acids is 1. The van der Waals surface area contributed by atoms with Gasteiger partial charge in [0.1, 0.15) is 11.8 Å². The fourth-order valence-electron chi connectivity index (χ4n) is 3.19. The quantitative estimate of drug-likeness (QED) is 0.766. The number of carboxylic acid groups (broad SMARTS) is 1. The molecule has 1 aromatic rings. The Morgan fingerprint density at radius 1 is 1.28 bits per heavy atom. The molecule has 1 aliphatic rings. The summed E-state index contributed by atoms with van der Waals surface area (Å²) in [5.74, 6) is -2.54. The van der Waals surface area contributed by atoms with Crippen LogP contribution in [0.5, 0.6) is 0 Å². The summed E-state index contributed by atoms with van der Waals surface area (Å²) >= 11 is 0. The first-order valence-corrected chi connectivity index (χ1v) is 10.2. The maximum absolute atomic E-state index is 12.0. The summed E-state index contributed by atoms with van der Waals surface area (Å²) in [7, 11) is -3.56. The summed E-state index contributed by atoms with van der Waals surface area (Å²) in [5, 5.41) is 11.2. The molecule has 2 atom stereocenters. The smallest absolute Gasteiger partial charge is 0.326 e. The second-order valence-electron chi connectivity index (χ2n) is 6.84. The van der Waals surface area contributed by atoms with Gasteiger partial charge < -0.3 is 10.4 Å². The zero-order valence-electron chi connectivity index (χ0n) is 14.6. The highest BCUT2D eigenvalue weighted by atomic mass is 32.2. The normalized spacial score (nSPS) is 18.4. The van der Waals surface area contributed by atoms with Crippen LogP contribution >= 0.6 is 0 Å². The third-order valence-corrected chi connectivity index (χ3v) is 6.80. The number of fused-ring (bicyclic) bond motifs is 1. The lowest BCUT2D eigenvalue weighted by Gasteiger charge is -2.28. The Balaban J connectivity index is 2.08. The third kappa shape index (κ3) is 5.04. The van der Waals surface area contributed by atoms with Crippen molar-refractivity contribution in [2.24, 2.45) is 0 Å². The van der Waals surface area contributed by atoms with E-state index in [1.54, 1.807) is 0 Å². The molecule has 0 saturated heterocycles. The molecule has 0 saturated carbocycles. The Labute approximate surface area is 148 Å². The highest BCUT2D eigenvalue weighted by Crippen LogP contribution is 2.34. The number of carboxylic acids is 1. The van der Waals surface area contributed by atoms with E-state index in [1.165, 1.54) is 19.4 Å². The number of rotatable bonds is 7. The van der Waals surface area contributed by atoms with Gasteiger partial charge in [-0.2, -0.15) is 0 Å². The van der Waals surface area contributed by atoms with E-state index in [-0.39, 0.29) is 12.3 Å². The predicted molar refractivity (Wildman–Crippen MR) is 95.2 cm³/mol. The second-order valence-corrected chi connectivity index (χ2v) is 9.40. The number of hydrogen-bond acceptors (Lipinski definition) is 4. The molecule has 0 heterocycles. The predicted octanol–water partition coefficient (Wildman–Crippen LogP) is 1.89. The minimum atomic E-state index is -3.56. The zero-order chi connectivity index (χ0) is 18.6. The Hall–Kier alpha value is -1.89. The van der Waals surface area contributed by atoms with Crippen molar-refractivity contribution >= 4 is 21.7 Å². The number of sulfone groups is 1. The van der Waals surface area contributed by atoms with Crippen LogP contribution in [-0.2, 0) is 25.8 Å². The van der Waals surface area contributed by atoms with Crippen molar-refractivity contribution in [1.29, 1.82) is 0 Å². The van der Waals surface area contributed by atoms with Gasteiger partial charge in [-0.25, -0.2) is 13.2 Å². The van der Waals surface area contributed by atoms with E-state index < -0.39 is 38.8 Å². The fourth-order valence-corrected chi connectivity index (χ4v) is 3.97. The summed E-state index contributed by atoms with van der Waals surface area (Å²) < 4.78 is 23.7. The van der Waals surface area contributed by atoms with Gasteiger partial charge in [0.15, 0.2) is 9.84 Å². The van der Waals surface area contributed by atoms with Crippen molar-refractivity contribution in [3.63, 3.8) is 0 Å². The Morgan fingerprint density at radius 3 is 2.60 bits per heavy atom. The summed E-state index contributed by atoms with van der Waals surface area (Å²) in [6, 6.07) is 6.86. The second kappa shape index (κ2) is 7.99. The molecule has 7 heteroatoms. The van der Waals surface area contributed by atoms with Gasteiger partial charge in [0.25, 0.3) is 0 Å².